The third-order valence-electron chi connectivity index (χ3n) is 4.66. The highest BCUT2D eigenvalue weighted by Crippen LogP contribution is 2.23. The molecule has 0 fully saturated rings. The smallest absolute Gasteiger partial charge is 0.261 e. The molecular formula is C23H20N2O2. The Morgan fingerprint density at radius 2 is 1.70 bits per heavy atom. The molecule has 0 saturated heterocycles. The molecule has 3 aromatic carbocycles. The van der Waals surface area contributed by atoms with Crippen LogP contribution in [0.25, 0.3) is 22.3 Å². The molecule has 0 aliphatic heterocycles. The van der Waals surface area contributed by atoms with Crippen molar-refractivity contribution in [1.82, 2.24) is 9.55 Å². The molecule has 4 heteroatoms. The third-order valence-corrected chi connectivity index (χ3v) is 4.66. The zero-order valence-electron chi connectivity index (χ0n) is 15.1. The van der Waals surface area contributed by atoms with E-state index in [0.29, 0.717) is 23.3 Å². The van der Waals surface area contributed by atoms with E-state index in [1.54, 1.807) is 11.7 Å². The van der Waals surface area contributed by atoms with Crippen molar-refractivity contribution in [2.75, 3.05) is 7.11 Å². The van der Waals surface area contributed by atoms with Gasteiger partial charge in [0.1, 0.15) is 11.6 Å². The maximum atomic E-state index is 13.2. The quantitative estimate of drug-likeness (QED) is 0.535. The van der Waals surface area contributed by atoms with Gasteiger partial charge in [-0.1, -0.05) is 54.6 Å². The summed E-state index contributed by atoms with van der Waals surface area (Å²) < 4.78 is 7.12. The standard InChI is InChI=1S/C23H20N2O2/c1-27-19-11-7-10-18(16-19)22-24-21-13-6-5-12-20(21)23(26)25(22)15-14-17-8-3-2-4-9-17/h2-13,16H,14-15H2,1H3. The molecule has 0 N–H and O–H groups in total. The molecule has 0 aliphatic rings. The molecule has 0 unspecified atom stereocenters. The SMILES string of the molecule is COc1cccc(-c2nc3ccccc3c(=O)n2CCc2ccccc2)c1. The van der Waals surface area contributed by atoms with Gasteiger partial charge in [-0.05, 0) is 36.2 Å². The van der Waals surface area contributed by atoms with E-state index in [0.717, 1.165) is 17.7 Å². The summed E-state index contributed by atoms with van der Waals surface area (Å²) in [5, 5.41) is 0.636. The number of benzene rings is 3. The second-order valence-electron chi connectivity index (χ2n) is 6.38. The van der Waals surface area contributed by atoms with Crippen LogP contribution >= 0.6 is 0 Å². The van der Waals surface area contributed by atoms with Gasteiger partial charge in [-0.2, -0.15) is 0 Å². The van der Waals surface area contributed by atoms with Crippen molar-refractivity contribution in [2.24, 2.45) is 0 Å². The predicted molar refractivity (Wildman–Crippen MR) is 108 cm³/mol. The summed E-state index contributed by atoms with van der Waals surface area (Å²) in [5.74, 6) is 1.40. The lowest BCUT2D eigenvalue weighted by Crippen LogP contribution is -2.24. The topological polar surface area (TPSA) is 44.1 Å². The van der Waals surface area contributed by atoms with E-state index in [4.69, 9.17) is 9.72 Å². The van der Waals surface area contributed by atoms with Crippen molar-refractivity contribution in [3.63, 3.8) is 0 Å². The Labute approximate surface area is 157 Å². The van der Waals surface area contributed by atoms with Gasteiger partial charge in [-0.15, -0.1) is 0 Å². The van der Waals surface area contributed by atoms with Crippen molar-refractivity contribution in [2.45, 2.75) is 13.0 Å². The molecule has 0 atom stereocenters. The van der Waals surface area contributed by atoms with Crippen LogP contribution in [0.2, 0.25) is 0 Å². The monoisotopic (exact) mass is 356 g/mol. The van der Waals surface area contributed by atoms with Crippen molar-refractivity contribution in [3.8, 4) is 17.1 Å². The van der Waals surface area contributed by atoms with Crippen molar-refractivity contribution in [1.29, 1.82) is 0 Å². The van der Waals surface area contributed by atoms with Gasteiger partial charge in [0.25, 0.3) is 5.56 Å². The summed E-state index contributed by atoms with van der Waals surface area (Å²) in [4.78, 5) is 18.0. The van der Waals surface area contributed by atoms with Crippen LogP contribution in [0.5, 0.6) is 5.75 Å². The number of hydrogen-bond donors (Lipinski definition) is 0. The average Bonchev–Trinajstić information content (AvgIpc) is 2.74. The van der Waals surface area contributed by atoms with E-state index in [9.17, 15) is 4.79 Å². The predicted octanol–water partition coefficient (Wildman–Crippen LogP) is 4.31. The Balaban J connectivity index is 1.86. The zero-order valence-corrected chi connectivity index (χ0v) is 15.1. The number of rotatable bonds is 5. The number of hydrogen-bond acceptors (Lipinski definition) is 3. The number of para-hydroxylation sites is 1. The van der Waals surface area contributed by atoms with Gasteiger partial charge >= 0.3 is 0 Å². The molecular weight excluding hydrogens is 336 g/mol. The molecule has 0 bridgehead atoms. The molecule has 4 rings (SSSR count). The van der Waals surface area contributed by atoms with Crippen molar-refractivity contribution >= 4 is 10.9 Å². The van der Waals surface area contributed by atoms with Gasteiger partial charge < -0.3 is 4.74 Å². The molecule has 4 aromatic rings. The Morgan fingerprint density at radius 3 is 2.52 bits per heavy atom. The fraction of sp³-hybridized carbons (Fsp3) is 0.130. The van der Waals surface area contributed by atoms with Gasteiger partial charge in [0, 0.05) is 12.1 Å². The first kappa shape index (κ1) is 17.0. The maximum absolute atomic E-state index is 13.2. The highest BCUT2D eigenvalue weighted by Gasteiger charge is 2.13. The van der Waals surface area contributed by atoms with Crippen LogP contribution in [0.15, 0.2) is 83.7 Å². The highest BCUT2D eigenvalue weighted by atomic mass is 16.5. The van der Waals surface area contributed by atoms with Gasteiger partial charge in [0.05, 0.1) is 18.0 Å². The Morgan fingerprint density at radius 1 is 0.926 bits per heavy atom. The van der Waals surface area contributed by atoms with E-state index in [1.807, 2.05) is 66.7 Å². The summed E-state index contributed by atoms with van der Waals surface area (Å²) in [7, 11) is 1.63. The van der Waals surface area contributed by atoms with Crippen LogP contribution in [0.4, 0.5) is 0 Å². The molecule has 27 heavy (non-hydrogen) atoms. The fourth-order valence-corrected chi connectivity index (χ4v) is 3.24. The molecule has 0 saturated carbocycles. The molecule has 1 heterocycles. The van der Waals surface area contributed by atoms with Crippen LogP contribution < -0.4 is 10.3 Å². The lowest BCUT2D eigenvalue weighted by atomic mass is 10.1. The van der Waals surface area contributed by atoms with Crippen LogP contribution in [0.3, 0.4) is 0 Å². The Bertz CT molecular complexity index is 1130. The largest absolute Gasteiger partial charge is 0.497 e. The number of aromatic nitrogens is 2. The van der Waals surface area contributed by atoms with E-state index >= 15 is 0 Å². The Kier molecular flexibility index (Phi) is 4.71. The highest BCUT2D eigenvalue weighted by molar-refractivity contribution is 5.79. The molecule has 0 spiro atoms. The van der Waals surface area contributed by atoms with E-state index in [1.165, 1.54) is 5.56 Å². The first-order valence-electron chi connectivity index (χ1n) is 8.94. The molecule has 0 radical (unpaired) electrons. The number of aryl methyl sites for hydroxylation is 1. The summed E-state index contributed by atoms with van der Waals surface area (Å²) in [5.41, 5.74) is 2.74. The van der Waals surface area contributed by atoms with Gasteiger partial charge in [0.15, 0.2) is 0 Å². The normalized spacial score (nSPS) is 10.9. The minimum Gasteiger partial charge on any atom is -0.497 e. The number of ether oxygens (including phenoxy) is 1. The van der Waals surface area contributed by atoms with E-state index in [2.05, 4.69) is 12.1 Å². The zero-order chi connectivity index (χ0) is 18.6. The van der Waals surface area contributed by atoms with Crippen molar-refractivity contribution in [3.05, 3.63) is 94.8 Å². The first-order valence-corrected chi connectivity index (χ1v) is 8.94. The minimum atomic E-state index is -0.0191. The summed E-state index contributed by atoms with van der Waals surface area (Å²) in [6.07, 6.45) is 0.762. The minimum absolute atomic E-state index is 0.0191. The van der Waals surface area contributed by atoms with Crippen molar-refractivity contribution < 1.29 is 4.74 Å². The molecule has 1 aromatic heterocycles. The van der Waals surface area contributed by atoms with E-state index in [-0.39, 0.29) is 5.56 Å². The molecule has 4 nitrogen and oxygen atoms in total. The van der Waals surface area contributed by atoms with Crippen LogP contribution in [-0.4, -0.2) is 16.7 Å². The van der Waals surface area contributed by atoms with Gasteiger partial charge in [-0.3, -0.25) is 9.36 Å². The molecule has 0 amide bonds. The second kappa shape index (κ2) is 7.46. The van der Waals surface area contributed by atoms with Crippen LogP contribution in [-0.2, 0) is 13.0 Å². The fourth-order valence-electron chi connectivity index (χ4n) is 3.24. The number of nitrogens with zero attached hydrogens (tertiary/aromatic N) is 2. The molecule has 134 valence electrons. The number of methoxy groups -OCH3 is 1. The summed E-state index contributed by atoms with van der Waals surface area (Å²) >= 11 is 0. The number of fused-ring (bicyclic) bond motifs is 1. The van der Waals surface area contributed by atoms with E-state index < -0.39 is 0 Å². The third kappa shape index (κ3) is 3.47. The second-order valence-corrected chi connectivity index (χ2v) is 6.38. The van der Waals surface area contributed by atoms with Crippen LogP contribution in [0.1, 0.15) is 5.56 Å². The summed E-state index contributed by atoms with van der Waals surface area (Å²) in [6, 6.07) is 25.3. The summed E-state index contributed by atoms with van der Waals surface area (Å²) in [6.45, 7) is 0.563. The van der Waals surface area contributed by atoms with Gasteiger partial charge in [0.2, 0.25) is 0 Å². The Hall–Kier alpha value is -3.40. The maximum Gasteiger partial charge on any atom is 0.261 e. The lowest BCUT2D eigenvalue weighted by Gasteiger charge is -2.14. The molecule has 0 aliphatic carbocycles. The first-order chi connectivity index (χ1) is 13.3. The lowest BCUT2D eigenvalue weighted by molar-refractivity contribution is 0.415. The van der Waals surface area contributed by atoms with Gasteiger partial charge in [-0.25, -0.2) is 4.98 Å². The van der Waals surface area contributed by atoms with Crippen LogP contribution in [0, 0.1) is 0 Å². The average molecular weight is 356 g/mol.